The number of carbonyl (C=O) groups excluding carboxylic acids is 1. The summed E-state index contributed by atoms with van der Waals surface area (Å²) in [5, 5.41) is 12.2. The van der Waals surface area contributed by atoms with Crippen molar-refractivity contribution >= 4 is 33.0 Å². The van der Waals surface area contributed by atoms with Crippen molar-refractivity contribution in [3.63, 3.8) is 0 Å². The largest absolute Gasteiger partial charge is 0.506 e. The molecule has 1 saturated heterocycles. The van der Waals surface area contributed by atoms with E-state index >= 15 is 0 Å². The van der Waals surface area contributed by atoms with Gasteiger partial charge in [-0.05, 0) is 24.5 Å². The van der Waals surface area contributed by atoms with Crippen molar-refractivity contribution in [3.05, 3.63) is 23.2 Å². The summed E-state index contributed by atoms with van der Waals surface area (Å²) in [7, 11) is -2.96. The Morgan fingerprint density at radius 3 is 2.79 bits per heavy atom. The number of hydrogen-bond donors (Lipinski definition) is 2. The summed E-state index contributed by atoms with van der Waals surface area (Å²) in [6, 6.07) is 4.41. The lowest BCUT2D eigenvalue weighted by Crippen LogP contribution is -2.17. The van der Waals surface area contributed by atoms with Gasteiger partial charge < -0.3 is 10.4 Å². The molecular weight excluding hydrogens is 290 g/mol. The van der Waals surface area contributed by atoms with Crippen LogP contribution in [0.5, 0.6) is 5.75 Å². The first kappa shape index (κ1) is 14.1. The number of anilines is 1. The highest BCUT2D eigenvalue weighted by Crippen LogP contribution is 2.27. The predicted octanol–water partition coefficient (Wildman–Crippen LogP) is 1.81. The number of halogens is 1. The van der Waals surface area contributed by atoms with E-state index in [9.17, 15) is 18.3 Å². The number of hydrogen-bond acceptors (Lipinski definition) is 4. The number of carbonyl (C=O) groups is 1. The van der Waals surface area contributed by atoms with Crippen LogP contribution >= 0.6 is 11.6 Å². The summed E-state index contributed by atoms with van der Waals surface area (Å²) in [4.78, 5) is 11.8. The van der Waals surface area contributed by atoms with Crippen molar-refractivity contribution in [1.82, 2.24) is 0 Å². The molecule has 1 amide bonds. The van der Waals surface area contributed by atoms with E-state index in [0.717, 1.165) is 0 Å². The number of aromatic hydroxyl groups is 1. The van der Waals surface area contributed by atoms with E-state index in [1.807, 2.05) is 0 Å². The van der Waals surface area contributed by atoms with E-state index in [2.05, 4.69) is 5.32 Å². The molecule has 1 fully saturated rings. The lowest BCUT2D eigenvalue weighted by atomic mass is 10.1. The van der Waals surface area contributed by atoms with Crippen LogP contribution in [0.1, 0.15) is 12.8 Å². The van der Waals surface area contributed by atoms with Crippen LogP contribution in [0.4, 0.5) is 5.69 Å². The Hall–Kier alpha value is -1.27. The minimum absolute atomic E-state index is 0.0757. The zero-order valence-electron chi connectivity index (χ0n) is 10.1. The summed E-state index contributed by atoms with van der Waals surface area (Å²) >= 11 is 5.66. The van der Waals surface area contributed by atoms with Gasteiger partial charge in [0.25, 0.3) is 0 Å². The van der Waals surface area contributed by atoms with Crippen molar-refractivity contribution in [2.24, 2.45) is 5.92 Å². The van der Waals surface area contributed by atoms with Gasteiger partial charge >= 0.3 is 0 Å². The zero-order valence-corrected chi connectivity index (χ0v) is 11.7. The Morgan fingerprint density at radius 2 is 2.21 bits per heavy atom. The lowest BCUT2D eigenvalue weighted by Gasteiger charge is -2.09. The summed E-state index contributed by atoms with van der Waals surface area (Å²) < 4.78 is 22.6. The van der Waals surface area contributed by atoms with Gasteiger partial charge in [-0.1, -0.05) is 11.6 Å². The van der Waals surface area contributed by atoms with Gasteiger partial charge in [0.2, 0.25) is 5.91 Å². The second-order valence-corrected chi connectivity index (χ2v) is 7.32. The fraction of sp³-hybridized carbons (Fsp3) is 0.417. The molecule has 0 spiro atoms. The molecule has 0 aromatic heterocycles. The molecule has 7 heteroatoms. The number of sulfone groups is 1. The smallest absolute Gasteiger partial charge is 0.224 e. The van der Waals surface area contributed by atoms with Crippen LogP contribution in [0.2, 0.25) is 5.02 Å². The monoisotopic (exact) mass is 303 g/mol. The van der Waals surface area contributed by atoms with Crippen LogP contribution in [-0.4, -0.2) is 30.9 Å². The first-order valence-electron chi connectivity index (χ1n) is 5.84. The highest BCUT2D eigenvalue weighted by atomic mass is 35.5. The molecule has 0 saturated carbocycles. The van der Waals surface area contributed by atoms with Gasteiger partial charge in [-0.2, -0.15) is 0 Å². The van der Waals surface area contributed by atoms with Gasteiger partial charge in [0.1, 0.15) is 5.75 Å². The second kappa shape index (κ2) is 5.38. The van der Waals surface area contributed by atoms with Gasteiger partial charge in [0.15, 0.2) is 9.84 Å². The van der Waals surface area contributed by atoms with E-state index in [4.69, 9.17) is 11.6 Å². The topological polar surface area (TPSA) is 83.5 Å². The van der Waals surface area contributed by atoms with Crippen molar-refractivity contribution in [1.29, 1.82) is 0 Å². The van der Waals surface area contributed by atoms with E-state index in [1.165, 1.54) is 12.1 Å². The van der Waals surface area contributed by atoms with Crippen molar-refractivity contribution < 1.29 is 18.3 Å². The second-order valence-electron chi connectivity index (χ2n) is 4.69. The summed E-state index contributed by atoms with van der Waals surface area (Å²) in [6.45, 7) is 0. The Bertz CT molecular complexity index is 600. The molecule has 19 heavy (non-hydrogen) atoms. The number of phenols is 1. The molecule has 0 bridgehead atoms. The molecule has 1 unspecified atom stereocenters. The van der Waals surface area contributed by atoms with E-state index in [-0.39, 0.29) is 40.5 Å². The van der Waals surface area contributed by atoms with Crippen molar-refractivity contribution in [2.75, 3.05) is 16.8 Å². The van der Waals surface area contributed by atoms with Gasteiger partial charge in [-0.15, -0.1) is 0 Å². The average molecular weight is 304 g/mol. The van der Waals surface area contributed by atoms with Gasteiger partial charge in [-0.25, -0.2) is 8.42 Å². The quantitative estimate of drug-likeness (QED) is 0.892. The van der Waals surface area contributed by atoms with Gasteiger partial charge in [-0.3, -0.25) is 4.79 Å². The SMILES string of the molecule is O=C(CC1CCS(=O)(=O)C1)Nc1ccc(Cl)c(O)c1. The third kappa shape index (κ3) is 3.84. The van der Waals surface area contributed by atoms with Crippen LogP contribution in [0.3, 0.4) is 0 Å². The Morgan fingerprint density at radius 1 is 1.47 bits per heavy atom. The van der Waals surface area contributed by atoms with Crippen LogP contribution in [0.25, 0.3) is 0 Å². The summed E-state index contributed by atoms with van der Waals surface area (Å²) in [5.41, 5.74) is 0.438. The molecule has 1 aromatic rings. The molecule has 1 aliphatic heterocycles. The van der Waals surface area contributed by atoms with Gasteiger partial charge in [0, 0.05) is 18.2 Å². The maximum atomic E-state index is 11.8. The molecule has 0 radical (unpaired) electrons. The molecule has 2 N–H and O–H groups in total. The van der Waals surface area contributed by atoms with Crippen LogP contribution in [-0.2, 0) is 14.6 Å². The molecule has 1 aromatic carbocycles. The van der Waals surface area contributed by atoms with E-state index in [1.54, 1.807) is 6.07 Å². The average Bonchev–Trinajstić information content (AvgIpc) is 2.63. The minimum Gasteiger partial charge on any atom is -0.506 e. The number of amides is 1. The van der Waals surface area contributed by atoms with Crippen LogP contribution in [0.15, 0.2) is 18.2 Å². The highest BCUT2D eigenvalue weighted by Gasteiger charge is 2.29. The predicted molar refractivity (Wildman–Crippen MR) is 73.1 cm³/mol. The molecule has 2 rings (SSSR count). The van der Waals surface area contributed by atoms with Crippen LogP contribution in [0, 0.1) is 5.92 Å². The Kier molecular flexibility index (Phi) is 4.01. The summed E-state index contributed by atoms with van der Waals surface area (Å²) in [6.07, 6.45) is 0.699. The fourth-order valence-electron chi connectivity index (χ4n) is 2.10. The third-order valence-electron chi connectivity index (χ3n) is 3.03. The number of phenolic OH excluding ortho intramolecular Hbond substituents is 1. The number of benzene rings is 1. The molecule has 104 valence electrons. The van der Waals surface area contributed by atoms with Crippen molar-refractivity contribution in [2.45, 2.75) is 12.8 Å². The standard InChI is InChI=1S/C12H14ClNO4S/c13-10-2-1-9(6-11(10)15)14-12(16)5-8-3-4-19(17,18)7-8/h1-2,6,8,15H,3-5,7H2,(H,14,16). The Balaban J connectivity index is 1.93. The molecule has 1 heterocycles. The molecule has 5 nitrogen and oxygen atoms in total. The normalized spacial score (nSPS) is 21.2. The van der Waals surface area contributed by atoms with Crippen LogP contribution < -0.4 is 5.32 Å². The maximum absolute atomic E-state index is 11.8. The van der Waals surface area contributed by atoms with Crippen molar-refractivity contribution in [3.8, 4) is 5.75 Å². The fourth-order valence-corrected chi connectivity index (χ4v) is 4.08. The zero-order chi connectivity index (χ0) is 14.0. The minimum atomic E-state index is -2.96. The number of nitrogens with one attached hydrogen (secondary N) is 1. The Labute approximate surface area is 116 Å². The molecule has 1 aliphatic rings. The first-order valence-corrected chi connectivity index (χ1v) is 8.04. The van der Waals surface area contributed by atoms with E-state index in [0.29, 0.717) is 12.1 Å². The molecular formula is C12H14ClNO4S. The highest BCUT2D eigenvalue weighted by molar-refractivity contribution is 7.91. The molecule has 1 atom stereocenters. The first-order chi connectivity index (χ1) is 8.85. The van der Waals surface area contributed by atoms with E-state index < -0.39 is 9.84 Å². The van der Waals surface area contributed by atoms with Gasteiger partial charge in [0.05, 0.1) is 16.5 Å². The third-order valence-corrected chi connectivity index (χ3v) is 5.19. The summed E-state index contributed by atoms with van der Waals surface area (Å²) in [5.74, 6) is -0.253. The number of rotatable bonds is 3. The molecule has 0 aliphatic carbocycles. The lowest BCUT2D eigenvalue weighted by molar-refractivity contribution is -0.116. The maximum Gasteiger partial charge on any atom is 0.224 e.